The van der Waals surface area contributed by atoms with Gasteiger partial charge in [-0.05, 0) is 59.7 Å². The lowest BCUT2D eigenvalue weighted by Gasteiger charge is -2.39. The molecule has 1 saturated heterocycles. The molecule has 0 unspecified atom stereocenters. The molecule has 3 aromatic heterocycles. The Morgan fingerprint density at radius 2 is 1.32 bits per heavy atom. The van der Waals surface area contributed by atoms with Gasteiger partial charge in [0.1, 0.15) is 5.52 Å². The van der Waals surface area contributed by atoms with Crippen LogP contribution in [0.3, 0.4) is 0 Å². The van der Waals surface area contributed by atoms with Crippen LogP contribution in [0.1, 0.15) is 17.2 Å². The van der Waals surface area contributed by atoms with Crippen LogP contribution in [0.2, 0.25) is 0 Å². The highest BCUT2D eigenvalue weighted by Gasteiger charge is 2.30. The van der Waals surface area contributed by atoms with Crippen molar-refractivity contribution in [2.24, 2.45) is 0 Å². The van der Waals surface area contributed by atoms with Gasteiger partial charge in [0.15, 0.2) is 0 Å². The second-order valence-electron chi connectivity index (χ2n) is 9.61. The van der Waals surface area contributed by atoms with Gasteiger partial charge in [0, 0.05) is 49.3 Å². The number of carbonyl (C=O) groups excluding carboxylic acids is 1. The van der Waals surface area contributed by atoms with Gasteiger partial charge in [0.2, 0.25) is 0 Å². The summed E-state index contributed by atoms with van der Waals surface area (Å²) in [6.07, 6.45) is 3.65. The maximum absolute atomic E-state index is 13.3. The number of benzene rings is 3. The number of amides is 1. The molecular weight excluding hydrogens is 474 g/mol. The smallest absolute Gasteiger partial charge is 0.320 e. The van der Waals surface area contributed by atoms with E-state index in [0.717, 1.165) is 45.9 Å². The zero-order valence-electron chi connectivity index (χ0n) is 20.7. The third kappa shape index (κ3) is 3.95. The van der Waals surface area contributed by atoms with Gasteiger partial charge in [-0.1, -0.05) is 41.6 Å². The van der Waals surface area contributed by atoms with Crippen LogP contribution in [-0.4, -0.2) is 67.0 Å². The molecular formula is C30H25N7O. The van der Waals surface area contributed by atoms with Crippen LogP contribution in [0.5, 0.6) is 0 Å². The molecule has 1 aliphatic heterocycles. The van der Waals surface area contributed by atoms with Crippen molar-refractivity contribution in [1.29, 1.82) is 0 Å². The van der Waals surface area contributed by atoms with E-state index in [4.69, 9.17) is 0 Å². The lowest BCUT2D eigenvalue weighted by Crippen LogP contribution is -2.51. The van der Waals surface area contributed by atoms with Crippen LogP contribution in [-0.2, 0) is 0 Å². The summed E-state index contributed by atoms with van der Waals surface area (Å²) < 4.78 is 1.41. The Hall–Kier alpha value is -4.69. The summed E-state index contributed by atoms with van der Waals surface area (Å²) in [6.45, 7) is 2.68. The number of piperazine rings is 1. The Morgan fingerprint density at radius 3 is 1.97 bits per heavy atom. The number of aromatic nitrogens is 5. The number of para-hydroxylation sites is 1. The third-order valence-corrected chi connectivity index (χ3v) is 7.37. The minimum atomic E-state index is -0.136. The number of rotatable bonds is 3. The molecule has 8 nitrogen and oxygen atoms in total. The van der Waals surface area contributed by atoms with Crippen molar-refractivity contribution in [3.05, 3.63) is 108 Å². The van der Waals surface area contributed by atoms with Gasteiger partial charge in [-0.25, -0.2) is 4.79 Å². The van der Waals surface area contributed by atoms with E-state index in [-0.39, 0.29) is 12.1 Å². The summed E-state index contributed by atoms with van der Waals surface area (Å²) in [5.74, 6) is 0. The molecule has 4 heterocycles. The lowest BCUT2D eigenvalue weighted by molar-refractivity contribution is 0.120. The molecule has 0 N–H and O–H groups in total. The van der Waals surface area contributed by atoms with E-state index in [1.807, 2.05) is 53.7 Å². The van der Waals surface area contributed by atoms with E-state index in [2.05, 4.69) is 73.7 Å². The minimum Gasteiger partial charge on any atom is -0.320 e. The molecule has 1 amide bonds. The van der Waals surface area contributed by atoms with Crippen LogP contribution in [0.15, 0.2) is 97.3 Å². The Balaban J connectivity index is 1.21. The summed E-state index contributed by atoms with van der Waals surface area (Å²) in [5, 5.41) is 10.5. The molecule has 0 radical (unpaired) electrons. The van der Waals surface area contributed by atoms with Gasteiger partial charge in [-0.2, -0.15) is 4.68 Å². The summed E-state index contributed by atoms with van der Waals surface area (Å²) in [6, 6.07) is 28.6. The van der Waals surface area contributed by atoms with Crippen LogP contribution in [0.4, 0.5) is 4.79 Å². The fourth-order valence-corrected chi connectivity index (χ4v) is 5.46. The fraction of sp³-hybridized carbons (Fsp3) is 0.167. The highest BCUT2D eigenvalue weighted by atomic mass is 16.2. The van der Waals surface area contributed by atoms with E-state index in [9.17, 15) is 4.79 Å². The predicted molar refractivity (Wildman–Crippen MR) is 147 cm³/mol. The van der Waals surface area contributed by atoms with Gasteiger partial charge in [0.05, 0.1) is 22.6 Å². The van der Waals surface area contributed by atoms with Crippen molar-refractivity contribution in [3.8, 4) is 0 Å². The average Bonchev–Trinajstić information content (AvgIpc) is 3.41. The number of hydrogen-bond donors (Lipinski definition) is 0. The summed E-state index contributed by atoms with van der Waals surface area (Å²) >= 11 is 0. The predicted octanol–water partition coefficient (Wildman–Crippen LogP) is 4.90. The molecule has 0 spiro atoms. The molecule has 0 bridgehead atoms. The van der Waals surface area contributed by atoms with Crippen molar-refractivity contribution in [2.45, 2.75) is 6.04 Å². The topological polar surface area (TPSA) is 80.0 Å². The standard InChI is InChI=1S/C30H25N7O/c38-30(37-28-8-2-1-7-27(28)33-34-37)36-17-15-35(16-18-36)29(23-9-11-25-21(19-23)5-3-13-31-25)24-10-12-26-22(20-24)6-4-14-32-26/h1-14,19-20,29H,15-18H2. The summed E-state index contributed by atoms with van der Waals surface area (Å²) in [5.41, 5.74) is 5.82. The SMILES string of the molecule is O=C(N1CCN(C(c2ccc3ncccc3c2)c2ccc3ncccc3c2)CC1)n1nnc2ccccc21. The number of carbonyl (C=O) groups is 1. The summed E-state index contributed by atoms with van der Waals surface area (Å²) in [4.78, 5) is 26.7. The molecule has 0 aliphatic carbocycles. The van der Waals surface area contributed by atoms with E-state index in [0.29, 0.717) is 13.1 Å². The normalized spacial score (nSPS) is 14.6. The third-order valence-electron chi connectivity index (χ3n) is 7.37. The fourth-order valence-electron chi connectivity index (χ4n) is 5.46. The van der Waals surface area contributed by atoms with Crippen LogP contribution < -0.4 is 0 Å². The number of fused-ring (bicyclic) bond motifs is 3. The van der Waals surface area contributed by atoms with Crippen molar-refractivity contribution < 1.29 is 4.79 Å². The molecule has 0 atom stereocenters. The van der Waals surface area contributed by atoms with Crippen molar-refractivity contribution in [1.82, 2.24) is 34.8 Å². The first-order valence-corrected chi connectivity index (χ1v) is 12.8. The lowest BCUT2D eigenvalue weighted by atomic mass is 9.94. The zero-order valence-corrected chi connectivity index (χ0v) is 20.7. The van der Waals surface area contributed by atoms with E-state index in [1.165, 1.54) is 15.8 Å². The zero-order chi connectivity index (χ0) is 25.5. The van der Waals surface area contributed by atoms with Crippen molar-refractivity contribution in [3.63, 3.8) is 0 Å². The van der Waals surface area contributed by atoms with Gasteiger partial charge >= 0.3 is 6.03 Å². The molecule has 186 valence electrons. The van der Waals surface area contributed by atoms with E-state index >= 15 is 0 Å². The Bertz CT molecular complexity index is 1710. The van der Waals surface area contributed by atoms with Crippen molar-refractivity contribution >= 4 is 38.9 Å². The molecule has 8 heteroatoms. The molecule has 38 heavy (non-hydrogen) atoms. The molecule has 0 saturated carbocycles. The highest BCUT2D eigenvalue weighted by Crippen LogP contribution is 2.33. The van der Waals surface area contributed by atoms with E-state index in [1.54, 1.807) is 0 Å². The molecule has 1 aliphatic rings. The monoisotopic (exact) mass is 499 g/mol. The first kappa shape index (κ1) is 22.5. The van der Waals surface area contributed by atoms with E-state index < -0.39 is 0 Å². The average molecular weight is 500 g/mol. The molecule has 7 rings (SSSR count). The largest absolute Gasteiger partial charge is 0.346 e. The first-order valence-electron chi connectivity index (χ1n) is 12.8. The molecule has 6 aromatic rings. The Kier molecular flexibility index (Phi) is 5.52. The maximum Gasteiger partial charge on any atom is 0.346 e. The molecule has 1 fully saturated rings. The van der Waals surface area contributed by atoms with Gasteiger partial charge in [-0.3, -0.25) is 14.9 Å². The molecule has 3 aromatic carbocycles. The second kappa shape index (κ2) is 9.32. The first-order chi connectivity index (χ1) is 18.7. The Labute approximate surface area is 219 Å². The van der Waals surface area contributed by atoms with Gasteiger partial charge in [0.25, 0.3) is 0 Å². The number of hydrogen-bond acceptors (Lipinski definition) is 6. The van der Waals surface area contributed by atoms with Crippen molar-refractivity contribution in [2.75, 3.05) is 26.2 Å². The quantitative estimate of drug-likeness (QED) is 0.345. The Morgan fingerprint density at radius 1 is 0.684 bits per heavy atom. The number of pyridine rings is 2. The van der Waals surface area contributed by atoms with Crippen LogP contribution in [0.25, 0.3) is 32.8 Å². The highest BCUT2D eigenvalue weighted by molar-refractivity contribution is 5.87. The summed E-state index contributed by atoms with van der Waals surface area (Å²) in [7, 11) is 0. The van der Waals surface area contributed by atoms with Crippen LogP contribution >= 0.6 is 0 Å². The van der Waals surface area contributed by atoms with Gasteiger partial charge < -0.3 is 4.90 Å². The van der Waals surface area contributed by atoms with Gasteiger partial charge in [-0.15, -0.1) is 5.10 Å². The number of nitrogens with zero attached hydrogens (tertiary/aromatic N) is 7. The van der Waals surface area contributed by atoms with Crippen LogP contribution in [0, 0.1) is 0 Å². The second-order valence-corrected chi connectivity index (χ2v) is 9.61. The minimum absolute atomic E-state index is 0.0358. The maximum atomic E-state index is 13.3.